The quantitative estimate of drug-likeness (QED) is 0.601. The van der Waals surface area contributed by atoms with E-state index in [9.17, 15) is 9.90 Å². The molecule has 0 spiro atoms. The van der Waals surface area contributed by atoms with Gasteiger partial charge in [0.05, 0.1) is 5.60 Å². The first-order valence-electron chi connectivity index (χ1n) is 6.39. The predicted octanol–water partition coefficient (Wildman–Crippen LogP) is 3.27. The van der Waals surface area contributed by atoms with Crippen LogP contribution in [0.1, 0.15) is 47.0 Å². The van der Waals surface area contributed by atoms with E-state index in [0.29, 0.717) is 18.3 Å². The molecule has 0 bridgehead atoms. The van der Waals surface area contributed by atoms with Crippen molar-refractivity contribution in [2.24, 2.45) is 11.8 Å². The van der Waals surface area contributed by atoms with Crippen LogP contribution in [0.5, 0.6) is 0 Å². The Hall–Kier alpha value is -0.890. The summed E-state index contributed by atoms with van der Waals surface area (Å²) in [5.74, 6) is 0.985. The standard InChI is InChI=1S/C15H24O2/c1-11(2)9-14(16)10-12(3)13-5-7-15(4,17)8-6-13/h5,7,9,12-13,17H,6,8,10H2,1-4H3/t12?,13-,15+/m1/s1. The Morgan fingerprint density at radius 2 is 2.24 bits per heavy atom. The number of carbonyl (C=O) groups excluding carboxylic acids is 1. The molecule has 17 heavy (non-hydrogen) atoms. The summed E-state index contributed by atoms with van der Waals surface area (Å²) in [4.78, 5) is 11.7. The molecule has 1 N–H and O–H groups in total. The highest BCUT2D eigenvalue weighted by atomic mass is 16.3. The van der Waals surface area contributed by atoms with Gasteiger partial charge in [-0.3, -0.25) is 4.79 Å². The number of hydrogen-bond acceptors (Lipinski definition) is 2. The minimum atomic E-state index is -0.653. The molecule has 0 aromatic rings. The van der Waals surface area contributed by atoms with Crippen molar-refractivity contribution in [3.63, 3.8) is 0 Å². The van der Waals surface area contributed by atoms with Gasteiger partial charge in [-0.05, 0) is 51.5 Å². The zero-order valence-electron chi connectivity index (χ0n) is 11.4. The normalized spacial score (nSPS) is 29.8. The van der Waals surface area contributed by atoms with Crippen molar-refractivity contribution < 1.29 is 9.90 Å². The molecule has 1 unspecified atom stereocenters. The zero-order chi connectivity index (χ0) is 13.1. The van der Waals surface area contributed by atoms with Crippen molar-refractivity contribution in [3.05, 3.63) is 23.8 Å². The lowest BCUT2D eigenvalue weighted by atomic mass is 9.78. The molecule has 0 saturated heterocycles. The molecule has 0 radical (unpaired) electrons. The number of allylic oxidation sites excluding steroid dienone is 3. The Labute approximate surface area is 104 Å². The van der Waals surface area contributed by atoms with Crippen molar-refractivity contribution in [1.82, 2.24) is 0 Å². The smallest absolute Gasteiger partial charge is 0.155 e. The fourth-order valence-corrected chi connectivity index (χ4v) is 2.29. The molecule has 0 heterocycles. The second-order valence-corrected chi connectivity index (χ2v) is 5.79. The monoisotopic (exact) mass is 236 g/mol. The van der Waals surface area contributed by atoms with Crippen molar-refractivity contribution in [2.45, 2.75) is 52.6 Å². The van der Waals surface area contributed by atoms with Gasteiger partial charge in [-0.25, -0.2) is 0 Å². The first-order chi connectivity index (χ1) is 7.80. The van der Waals surface area contributed by atoms with Gasteiger partial charge >= 0.3 is 0 Å². The van der Waals surface area contributed by atoms with Crippen molar-refractivity contribution in [2.75, 3.05) is 0 Å². The van der Waals surface area contributed by atoms with E-state index < -0.39 is 5.60 Å². The molecule has 1 aliphatic carbocycles. The minimum Gasteiger partial charge on any atom is -0.386 e. The van der Waals surface area contributed by atoms with Gasteiger partial charge < -0.3 is 5.11 Å². The summed E-state index contributed by atoms with van der Waals surface area (Å²) < 4.78 is 0. The molecular weight excluding hydrogens is 212 g/mol. The predicted molar refractivity (Wildman–Crippen MR) is 70.7 cm³/mol. The van der Waals surface area contributed by atoms with Crippen LogP contribution >= 0.6 is 0 Å². The number of rotatable bonds is 4. The molecule has 0 aromatic carbocycles. The van der Waals surface area contributed by atoms with Crippen LogP contribution in [-0.4, -0.2) is 16.5 Å². The second kappa shape index (κ2) is 5.63. The summed E-state index contributed by atoms with van der Waals surface area (Å²) in [5, 5.41) is 9.81. The summed E-state index contributed by atoms with van der Waals surface area (Å²) in [6.07, 6.45) is 8.02. The fraction of sp³-hybridized carbons (Fsp3) is 0.667. The van der Waals surface area contributed by atoms with Gasteiger partial charge in [-0.2, -0.15) is 0 Å². The topological polar surface area (TPSA) is 37.3 Å². The third kappa shape index (κ3) is 4.86. The highest BCUT2D eigenvalue weighted by molar-refractivity contribution is 5.90. The second-order valence-electron chi connectivity index (χ2n) is 5.79. The Balaban J connectivity index is 2.53. The maximum absolute atomic E-state index is 11.7. The number of aliphatic hydroxyl groups is 1. The summed E-state index contributed by atoms with van der Waals surface area (Å²) in [7, 11) is 0. The van der Waals surface area contributed by atoms with Crippen molar-refractivity contribution in [1.29, 1.82) is 0 Å². The van der Waals surface area contributed by atoms with E-state index in [4.69, 9.17) is 0 Å². The molecule has 0 aliphatic heterocycles. The van der Waals surface area contributed by atoms with E-state index in [1.807, 2.05) is 26.8 Å². The third-order valence-electron chi connectivity index (χ3n) is 3.39. The van der Waals surface area contributed by atoms with Crippen LogP contribution in [0.15, 0.2) is 23.8 Å². The maximum Gasteiger partial charge on any atom is 0.155 e. The largest absolute Gasteiger partial charge is 0.386 e. The molecule has 96 valence electrons. The van der Waals surface area contributed by atoms with E-state index in [1.54, 1.807) is 6.08 Å². The van der Waals surface area contributed by atoms with Gasteiger partial charge in [0.2, 0.25) is 0 Å². The number of hydrogen-bond donors (Lipinski definition) is 1. The average Bonchev–Trinajstić information content (AvgIpc) is 2.15. The van der Waals surface area contributed by atoms with Crippen LogP contribution in [-0.2, 0) is 4.79 Å². The molecule has 2 heteroatoms. The zero-order valence-corrected chi connectivity index (χ0v) is 11.4. The van der Waals surface area contributed by atoms with Crippen molar-refractivity contribution >= 4 is 5.78 Å². The fourth-order valence-electron chi connectivity index (χ4n) is 2.29. The summed E-state index contributed by atoms with van der Waals surface area (Å²) >= 11 is 0. The summed E-state index contributed by atoms with van der Waals surface area (Å²) in [6.45, 7) is 7.84. The van der Waals surface area contributed by atoms with Crippen LogP contribution in [0.4, 0.5) is 0 Å². The van der Waals surface area contributed by atoms with E-state index in [2.05, 4.69) is 13.0 Å². The number of carbonyl (C=O) groups is 1. The molecule has 0 fully saturated rings. The van der Waals surface area contributed by atoms with Crippen LogP contribution in [0, 0.1) is 11.8 Å². The van der Waals surface area contributed by atoms with Crippen LogP contribution in [0.3, 0.4) is 0 Å². The Bertz CT molecular complexity index is 333. The van der Waals surface area contributed by atoms with Crippen LogP contribution in [0.2, 0.25) is 0 Å². The highest BCUT2D eigenvalue weighted by Gasteiger charge is 2.26. The van der Waals surface area contributed by atoms with Crippen LogP contribution in [0.25, 0.3) is 0 Å². The molecule has 1 aliphatic rings. The van der Waals surface area contributed by atoms with E-state index >= 15 is 0 Å². The number of ketones is 1. The van der Waals surface area contributed by atoms with E-state index in [-0.39, 0.29) is 5.78 Å². The van der Waals surface area contributed by atoms with Gasteiger partial charge in [-0.15, -0.1) is 0 Å². The lowest BCUT2D eigenvalue weighted by molar-refractivity contribution is -0.115. The Morgan fingerprint density at radius 1 is 1.59 bits per heavy atom. The highest BCUT2D eigenvalue weighted by Crippen LogP contribution is 2.31. The molecule has 1 rings (SSSR count). The Kier molecular flexibility index (Phi) is 4.70. The van der Waals surface area contributed by atoms with Crippen molar-refractivity contribution in [3.8, 4) is 0 Å². The molecule has 0 amide bonds. The summed E-state index contributed by atoms with van der Waals surface area (Å²) in [6, 6.07) is 0. The maximum atomic E-state index is 11.7. The Morgan fingerprint density at radius 3 is 2.71 bits per heavy atom. The molecule has 0 saturated carbocycles. The van der Waals surface area contributed by atoms with Gasteiger partial charge in [0.1, 0.15) is 0 Å². The summed E-state index contributed by atoms with van der Waals surface area (Å²) in [5.41, 5.74) is 0.407. The van der Waals surface area contributed by atoms with Crippen LogP contribution < -0.4 is 0 Å². The molecule has 3 atom stereocenters. The SMILES string of the molecule is CC(C)=CC(=O)CC(C)[C@@H]1C=C[C@](C)(O)CC1. The first-order valence-corrected chi connectivity index (χ1v) is 6.39. The van der Waals surface area contributed by atoms with E-state index in [1.165, 1.54) is 0 Å². The van der Waals surface area contributed by atoms with Gasteiger partial charge in [0.25, 0.3) is 0 Å². The molecular formula is C15H24O2. The van der Waals surface area contributed by atoms with Gasteiger partial charge in [0, 0.05) is 6.42 Å². The minimum absolute atomic E-state index is 0.211. The average molecular weight is 236 g/mol. The molecule has 2 nitrogen and oxygen atoms in total. The van der Waals surface area contributed by atoms with Gasteiger partial charge in [-0.1, -0.05) is 24.6 Å². The molecule has 0 aromatic heterocycles. The lowest BCUT2D eigenvalue weighted by Gasteiger charge is -2.30. The lowest BCUT2D eigenvalue weighted by Crippen LogP contribution is -2.28. The first kappa shape index (κ1) is 14.2. The van der Waals surface area contributed by atoms with Gasteiger partial charge in [0.15, 0.2) is 5.78 Å². The third-order valence-corrected chi connectivity index (χ3v) is 3.39. The van der Waals surface area contributed by atoms with E-state index in [0.717, 1.165) is 18.4 Å².